The molecule has 0 atom stereocenters. The van der Waals surface area contributed by atoms with E-state index in [0.29, 0.717) is 0 Å². The first-order valence-electron chi connectivity index (χ1n) is 5.99. The fraction of sp³-hybridized carbons (Fsp3) is 0.357. The van der Waals surface area contributed by atoms with Gasteiger partial charge in [-0.2, -0.15) is 5.10 Å². The van der Waals surface area contributed by atoms with Gasteiger partial charge in [-0.05, 0) is 73.7 Å². The summed E-state index contributed by atoms with van der Waals surface area (Å²) in [5.74, 6) is 0. The van der Waals surface area contributed by atoms with Gasteiger partial charge in [0.05, 0.1) is 11.4 Å². The molecule has 2 rings (SSSR count). The zero-order chi connectivity index (χ0) is 13.2. The van der Waals surface area contributed by atoms with Crippen LogP contribution in [0.25, 0.3) is 5.69 Å². The SMILES string of the molecule is CC(C)(C)NCc1ccn(-c2ccc(I)cc2)n1. The summed E-state index contributed by atoms with van der Waals surface area (Å²) in [7, 11) is 0. The molecule has 0 fully saturated rings. The van der Waals surface area contributed by atoms with Crippen LogP contribution < -0.4 is 5.32 Å². The molecule has 0 aliphatic carbocycles. The van der Waals surface area contributed by atoms with Gasteiger partial charge in [0.2, 0.25) is 0 Å². The summed E-state index contributed by atoms with van der Waals surface area (Å²) in [5.41, 5.74) is 2.27. The maximum Gasteiger partial charge on any atom is 0.0767 e. The number of hydrogen-bond donors (Lipinski definition) is 1. The molecule has 1 N–H and O–H groups in total. The van der Waals surface area contributed by atoms with E-state index in [-0.39, 0.29) is 5.54 Å². The van der Waals surface area contributed by atoms with Gasteiger partial charge in [0, 0.05) is 21.9 Å². The molecule has 0 bridgehead atoms. The molecule has 0 saturated carbocycles. The number of benzene rings is 1. The first-order valence-corrected chi connectivity index (χ1v) is 7.07. The van der Waals surface area contributed by atoms with Crippen molar-refractivity contribution in [2.24, 2.45) is 0 Å². The number of hydrogen-bond acceptors (Lipinski definition) is 2. The Labute approximate surface area is 122 Å². The first-order chi connectivity index (χ1) is 8.44. The lowest BCUT2D eigenvalue weighted by molar-refractivity contribution is 0.420. The predicted octanol–water partition coefficient (Wildman–Crippen LogP) is 3.37. The Morgan fingerprint density at radius 3 is 2.44 bits per heavy atom. The molecule has 0 amide bonds. The summed E-state index contributed by atoms with van der Waals surface area (Å²) < 4.78 is 3.15. The molecule has 3 nitrogen and oxygen atoms in total. The average Bonchev–Trinajstić information content (AvgIpc) is 2.75. The largest absolute Gasteiger partial charge is 0.306 e. The van der Waals surface area contributed by atoms with E-state index in [1.807, 2.05) is 10.9 Å². The Kier molecular flexibility index (Phi) is 4.07. The summed E-state index contributed by atoms with van der Waals surface area (Å²) in [5, 5.41) is 8.00. The topological polar surface area (TPSA) is 29.9 Å². The Hall–Kier alpha value is -0.880. The van der Waals surface area contributed by atoms with Crippen LogP contribution in [0.5, 0.6) is 0 Å². The number of aromatic nitrogens is 2. The minimum absolute atomic E-state index is 0.118. The lowest BCUT2D eigenvalue weighted by Gasteiger charge is -2.19. The van der Waals surface area contributed by atoms with E-state index in [1.165, 1.54) is 3.57 Å². The van der Waals surface area contributed by atoms with Crippen molar-refractivity contribution in [2.75, 3.05) is 0 Å². The van der Waals surface area contributed by atoms with E-state index >= 15 is 0 Å². The minimum atomic E-state index is 0.118. The lowest BCUT2D eigenvalue weighted by atomic mass is 10.1. The van der Waals surface area contributed by atoms with Crippen LogP contribution in [0.4, 0.5) is 0 Å². The fourth-order valence-corrected chi connectivity index (χ4v) is 1.91. The van der Waals surface area contributed by atoms with Gasteiger partial charge in [0.15, 0.2) is 0 Å². The van der Waals surface area contributed by atoms with Gasteiger partial charge in [-0.25, -0.2) is 4.68 Å². The Bertz CT molecular complexity index is 509. The van der Waals surface area contributed by atoms with E-state index in [0.717, 1.165) is 17.9 Å². The van der Waals surface area contributed by atoms with Crippen LogP contribution in [-0.2, 0) is 6.54 Å². The lowest BCUT2D eigenvalue weighted by Crippen LogP contribution is -2.35. The summed E-state index contributed by atoms with van der Waals surface area (Å²) in [4.78, 5) is 0. The van der Waals surface area contributed by atoms with E-state index < -0.39 is 0 Å². The molecule has 0 aliphatic heterocycles. The molecule has 0 saturated heterocycles. The maximum atomic E-state index is 4.56. The molecule has 18 heavy (non-hydrogen) atoms. The van der Waals surface area contributed by atoms with Gasteiger partial charge in [0.25, 0.3) is 0 Å². The third kappa shape index (κ3) is 3.81. The highest BCUT2D eigenvalue weighted by Gasteiger charge is 2.09. The van der Waals surface area contributed by atoms with E-state index in [9.17, 15) is 0 Å². The van der Waals surface area contributed by atoms with Crippen LogP contribution in [0.2, 0.25) is 0 Å². The smallest absolute Gasteiger partial charge is 0.0767 e. The van der Waals surface area contributed by atoms with E-state index in [2.05, 4.69) is 84.1 Å². The second-order valence-corrected chi connectivity index (χ2v) is 6.58. The molecule has 0 spiro atoms. The van der Waals surface area contributed by atoms with Crippen LogP contribution in [0.1, 0.15) is 26.5 Å². The molecule has 0 radical (unpaired) electrons. The monoisotopic (exact) mass is 355 g/mol. The molecular weight excluding hydrogens is 337 g/mol. The van der Waals surface area contributed by atoms with E-state index in [1.54, 1.807) is 0 Å². The molecule has 1 heterocycles. The number of rotatable bonds is 3. The molecule has 0 aliphatic rings. The van der Waals surface area contributed by atoms with Crippen molar-refractivity contribution in [3.05, 3.63) is 45.8 Å². The van der Waals surface area contributed by atoms with Crippen LogP contribution in [0.15, 0.2) is 36.5 Å². The fourth-order valence-electron chi connectivity index (χ4n) is 1.55. The Morgan fingerprint density at radius 1 is 1.17 bits per heavy atom. The van der Waals surface area contributed by atoms with Gasteiger partial charge >= 0.3 is 0 Å². The number of halogens is 1. The Morgan fingerprint density at radius 2 is 1.83 bits per heavy atom. The quantitative estimate of drug-likeness (QED) is 0.856. The third-order valence-electron chi connectivity index (χ3n) is 2.54. The summed E-state index contributed by atoms with van der Waals surface area (Å²) in [6.07, 6.45) is 2.00. The number of nitrogens with one attached hydrogen (secondary N) is 1. The number of nitrogens with zero attached hydrogens (tertiary/aromatic N) is 2. The van der Waals surface area contributed by atoms with Crippen LogP contribution in [0, 0.1) is 3.57 Å². The van der Waals surface area contributed by atoms with Crippen molar-refractivity contribution in [2.45, 2.75) is 32.9 Å². The molecule has 4 heteroatoms. The van der Waals surface area contributed by atoms with E-state index in [4.69, 9.17) is 0 Å². The average molecular weight is 355 g/mol. The van der Waals surface area contributed by atoms with Crippen LogP contribution >= 0.6 is 22.6 Å². The van der Waals surface area contributed by atoms with Gasteiger partial charge < -0.3 is 5.32 Å². The van der Waals surface area contributed by atoms with Crippen molar-refractivity contribution < 1.29 is 0 Å². The summed E-state index contributed by atoms with van der Waals surface area (Å²) in [6, 6.07) is 10.4. The highest BCUT2D eigenvalue weighted by molar-refractivity contribution is 14.1. The molecule has 96 valence electrons. The van der Waals surface area contributed by atoms with Crippen LogP contribution in [0.3, 0.4) is 0 Å². The summed E-state index contributed by atoms with van der Waals surface area (Å²) >= 11 is 2.30. The molecule has 1 aromatic heterocycles. The highest BCUT2D eigenvalue weighted by Crippen LogP contribution is 2.11. The van der Waals surface area contributed by atoms with Gasteiger partial charge in [0.1, 0.15) is 0 Å². The van der Waals surface area contributed by atoms with Crippen molar-refractivity contribution in [1.29, 1.82) is 0 Å². The van der Waals surface area contributed by atoms with Crippen molar-refractivity contribution >= 4 is 22.6 Å². The van der Waals surface area contributed by atoms with Gasteiger partial charge in [-0.3, -0.25) is 0 Å². The molecule has 2 aromatic rings. The highest BCUT2D eigenvalue weighted by atomic mass is 127. The second-order valence-electron chi connectivity index (χ2n) is 5.33. The van der Waals surface area contributed by atoms with Crippen molar-refractivity contribution in [1.82, 2.24) is 15.1 Å². The minimum Gasteiger partial charge on any atom is -0.306 e. The predicted molar refractivity (Wildman–Crippen MR) is 82.9 cm³/mol. The van der Waals surface area contributed by atoms with Crippen LogP contribution in [-0.4, -0.2) is 15.3 Å². The van der Waals surface area contributed by atoms with Crippen molar-refractivity contribution in [3.8, 4) is 5.69 Å². The Balaban J connectivity index is 2.08. The zero-order valence-electron chi connectivity index (χ0n) is 10.9. The molecular formula is C14H18IN3. The first kappa shape index (κ1) is 13.5. The van der Waals surface area contributed by atoms with Gasteiger partial charge in [-0.15, -0.1) is 0 Å². The zero-order valence-corrected chi connectivity index (χ0v) is 13.1. The normalized spacial score (nSPS) is 11.8. The van der Waals surface area contributed by atoms with Crippen molar-refractivity contribution in [3.63, 3.8) is 0 Å². The second kappa shape index (κ2) is 5.40. The van der Waals surface area contributed by atoms with Gasteiger partial charge in [-0.1, -0.05) is 0 Å². The maximum absolute atomic E-state index is 4.56. The standard InChI is InChI=1S/C14H18IN3/c1-14(2,3)16-10-12-8-9-18(17-12)13-6-4-11(15)5-7-13/h4-9,16H,10H2,1-3H3. The third-order valence-corrected chi connectivity index (χ3v) is 3.25. The molecule has 0 unspecified atom stereocenters. The summed E-state index contributed by atoms with van der Waals surface area (Å²) in [6.45, 7) is 7.26. The molecule has 1 aromatic carbocycles.